The summed E-state index contributed by atoms with van der Waals surface area (Å²) < 4.78 is 17.8. The lowest BCUT2D eigenvalue weighted by Gasteiger charge is -2.23. The molecular formula is C14H18Br2O3. The van der Waals surface area contributed by atoms with E-state index in [0.29, 0.717) is 5.92 Å². The summed E-state index contributed by atoms with van der Waals surface area (Å²) in [6.45, 7) is 7.38. The van der Waals surface area contributed by atoms with Crippen LogP contribution in [-0.4, -0.2) is 18.2 Å². The van der Waals surface area contributed by atoms with E-state index in [2.05, 4.69) is 52.6 Å². The van der Waals surface area contributed by atoms with E-state index in [9.17, 15) is 0 Å². The average Bonchev–Trinajstić information content (AvgIpc) is 2.75. The molecule has 2 rings (SSSR count). The molecule has 0 aromatic heterocycles. The van der Waals surface area contributed by atoms with E-state index in [0.717, 1.165) is 28.1 Å². The molecule has 1 aliphatic heterocycles. The minimum absolute atomic E-state index is 0.0220. The molecule has 0 N–H and O–H groups in total. The highest BCUT2D eigenvalue weighted by molar-refractivity contribution is 9.10. The van der Waals surface area contributed by atoms with E-state index < -0.39 is 0 Å². The second kappa shape index (κ2) is 6.46. The van der Waals surface area contributed by atoms with E-state index in [4.69, 9.17) is 14.2 Å². The monoisotopic (exact) mass is 392 g/mol. The van der Waals surface area contributed by atoms with Gasteiger partial charge in [-0.05, 0) is 25.0 Å². The number of hydrogen-bond acceptors (Lipinski definition) is 3. The Morgan fingerprint density at radius 2 is 1.84 bits per heavy atom. The zero-order valence-corrected chi connectivity index (χ0v) is 14.5. The van der Waals surface area contributed by atoms with Crippen molar-refractivity contribution in [3.8, 4) is 11.5 Å². The summed E-state index contributed by atoms with van der Waals surface area (Å²) >= 11 is 7.21. The van der Waals surface area contributed by atoms with Crippen molar-refractivity contribution in [1.29, 1.82) is 0 Å². The minimum Gasteiger partial charge on any atom is -0.454 e. The number of alkyl halides is 1. The molecular weight excluding hydrogens is 376 g/mol. The Morgan fingerprint density at radius 1 is 1.21 bits per heavy atom. The van der Waals surface area contributed by atoms with Crippen molar-refractivity contribution >= 4 is 31.9 Å². The minimum atomic E-state index is -0.0220. The summed E-state index contributed by atoms with van der Waals surface area (Å²) in [6, 6.07) is 3.94. The maximum absolute atomic E-state index is 6.02. The van der Waals surface area contributed by atoms with Crippen LogP contribution in [0.5, 0.6) is 11.5 Å². The van der Waals surface area contributed by atoms with Crippen LogP contribution < -0.4 is 9.47 Å². The van der Waals surface area contributed by atoms with E-state index in [-0.39, 0.29) is 17.7 Å². The molecule has 106 valence electrons. The molecule has 0 saturated carbocycles. The van der Waals surface area contributed by atoms with Crippen molar-refractivity contribution in [3.05, 3.63) is 22.2 Å². The Hall–Kier alpha value is -0.260. The van der Waals surface area contributed by atoms with Gasteiger partial charge in [0.1, 0.15) is 0 Å². The first-order valence-electron chi connectivity index (χ1n) is 6.33. The van der Waals surface area contributed by atoms with Gasteiger partial charge < -0.3 is 14.2 Å². The molecule has 1 aromatic rings. The molecule has 19 heavy (non-hydrogen) atoms. The summed E-state index contributed by atoms with van der Waals surface area (Å²) in [5.74, 6) is 2.06. The van der Waals surface area contributed by atoms with Crippen molar-refractivity contribution in [2.75, 3.05) is 13.4 Å². The highest BCUT2D eigenvalue weighted by Gasteiger charge is 2.25. The van der Waals surface area contributed by atoms with Crippen LogP contribution in [0, 0.1) is 5.92 Å². The summed E-state index contributed by atoms with van der Waals surface area (Å²) in [5, 5.41) is 0. The van der Waals surface area contributed by atoms with Crippen LogP contribution in [0.15, 0.2) is 16.6 Å². The van der Waals surface area contributed by atoms with Crippen LogP contribution in [0.3, 0.4) is 0 Å². The standard InChI is InChI=1S/C14H18Br2O3/c1-8(2)6-17-14(9(3)15)10-4-12-13(5-11(10)16)19-7-18-12/h4-5,8-9,14H,6-7H2,1-3H3. The third-order valence-corrected chi connectivity index (χ3v) is 3.99. The largest absolute Gasteiger partial charge is 0.454 e. The Labute approximate surface area is 130 Å². The first-order chi connectivity index (χ1) is 8.99. The molecule has 3 nitrogen and oxygen atoms in total. The molecule has 2 unspecified atom stereocenters. The van der Waals surface area contributed by atoms with Crippen LogP contribution >= 0.6 is 31.9 Å². The molecule has 0 fully saturated rings. The molecule has 1 heterocycles. The predicted octanol–water partition coefficient (Wildman–Crippen LogP) is 4.67. The quantitative estimate of drug-likeness (QED) is 0.680. The predicted molar refractivity (Wildman–Crippen MR) is 82.2 cm³/mol. The van der Waals surface area contributed by atoms with Gasteiger partial charge in [-0.1, -0.05) is 45.7 Å². The van der Waals surface area contributed by atoms with Gasteiger partial charge in [-0.15, -0.1) is 0 Å². The lowest BCUT2D eigenvalue weighted by molar-refractivity contribution is 0.0367. The molecule has 5 heteroatoms. The van der Waals surface area contributed by atoms with Crippen LogP contribution in [0.1, 0.15) is 32.4 Å². The lowest BCUT2D eigenvalue weighted by atomic mass is 10.1. The van der Waals surface area contributed by atoms with Crippen LogP contribution in [0.25, 0.3) is 0 Å². The van der Waals surface area contributed by atoms with Crippen LogP contribution in [0.2, 0.25) is 0 Å². The average molecular weight is 394 g/mol. The zero-order chi connectivity index (χ0) is 14.0. The van der Waals surface area contributed by atoms with Crippen molar-refractivity contribution in [2.24, 2.45) is 5.92 Å². The molecule has 0 bridgehead atoms. The Kier molecular flexibility index (Phi) is 5.15. The van der Waals surface area contributed by atoms with Gasteiger partial charge >= 0.3 is 0 Å². The van der Waals surface area contributed by atoms with Gasteiger partial charge in [-0.3, -0.25) is 0 Å². The third kappa shape index (κ3) is 3.64. The van der Waals surface area contributed by atoms with Crippen LogP contribution in [-0.2, 0) is 4.74 Å². The lowest BCUT2D eigenvalue weighted by Crippen LogP contribution is -2.16. The van der Waals surface area contributed by atoms with Crippen LogP contribution in [0.4, 0.5) is 0 Å². The zero-order valence-electron chi connectivity index (χ0n) is 11.3. The molecule has 1 aliphatic rings. The first kappa shape index (κ1) is 15.1. The highest BCUT2D eigenvalue weighted by Crippen LogP contribution is 2.41. The van der Waals surface area contributed by atoms with Gasteiger partial charge in [0.2, 0.25) is 6.79 Å². The molecule has 2 atom stereocenters. The molecule has 0 saturated heterocycles. The van der Waals surface area contributed by atoms with E-state index in [1.165, 1.54) is 0 Å². The SMILES string of the molecule is CC(C)COC(c1cc2c(cc1Br)OCO2)C(C)Br. The number of hydrogen-bond donors (Lipinski definition) is 0. The van der Waals surface area contributed by atoms with Gasteiger partial charge in [-0.2, -0.15) is 0 Å². The second-order valence-corrected chi connectivity index (χ2v) is 7.35. The van der Waals surface area contributed by atoms with E-state index in [1.807, 2.05) is 12.1 Å². The van der Waals surface area contributed by atoms with Gasteiger partial charge in [-0.25, -0.2) is 0 Å². The fraction of sp³-hybridized carbons (Fsp3) is 0.571. The maximum atomic E-state index is 6.02. The molecule has 0 radical (unpaired) electrons. The normalized spacial score (nSPS) is 16.7. The first-order valence-corrected chi connectivity index (χ1v) is 8.04. The summed E-state index contributed by atoms with van der Waals surface area (Å²) in [7, 11) is 0. The fourth-order valence-corrected chi connectivity index (χ4v) is 2.90. The topological polar surface area (TPSA) is 27.7 Å². The molecule has 1 aromatic carbocycles. The summed E-state index contributed by atoms with van der Waals surface area (Å²) in [4.78, 5) is 0.211. The summed E-state index contributed by atoms with van der Waals surface area (Å²) in [6.07, 6.45) is -0.0220. The number of fused-ring (bicyclic) bond motifs is 1. The molecule has 0 amide bonds. The Morgan fingerprint density at radius 3 is 2.42 bits per heavy atom. The van der Waals surface area contributed by atoms with Gasteiger partial charge in [0.25, 0.3) is 0 Å². The van der Waals surface area contributed by atoms with Crippen molar-refractivity contribution in [1.82, 2.24) is 0 Å². The van der Waals surface area contributed by atoms with E-state index >= 15 is 0 Å². The van der Waals surface area contributed by atoms with Gasteiger partial charge in [0.05, 0.1) is 6.10 Å². The number of benzene rings is 1. The summed E-state index contributed by atoms with van der Waals surface area (Å²) in [5.41, 5.74) is 1.08. The van der Waals surface area contributed by atoms with Crippen molar-refractivity contribution in [3.63, 3.8) is 0 Å². The Balaban J connectivity index is 2.26. The van der Waals surface area contributed by atoms with Gasteiger partial charge in [0.15, 0.2) is 11.5 Å². The Bertz CT molecular complexity index is 447. The third-order valence-electron chi connectivity index (χ3n) is 2.82. The smallest absolute Gasteiger partial charge is 0.231 e. The fourth-order valence-electron chi connectivity index (χ4n) is 1.92. The van der Waals surface area contributed by atoms with Crippen molar-refractivity contribution < 1.29 is 14.2 Å². The van der Waals surface area contributed by atoms with Gasteiger partial charge in [0, 0.05) is 21.5 Å². The van der Waals surface area contributed by atoms with Crippen molar-refractivity contribution in [2.45, 2.75) is 31.7 Å². The highest BCUT2D eigenvalue weighted by atomic mass is 79.9. The number of ether oxygens (including phenoxy) is 3. The maximum Gasteiger partial charge on any atom is 0.231 e. The second-order valence-electron chi connectivity index (χ2n) is 5.05. The number of rotatable bonds is 5. The molecule has 0 aliphatic carbocycles. The van der Waals surface area contributed by atoms with E-state index in [1.54, 1.807) is 0 Å². The number of halogens is 2. The molecule has 0 spiro atoms.